The Morgan fingerprint density at radius 3 is 2.61 bits per heavy atom. The van der Waals surface area contributed by atoms with Crippen molar-refractivity contribution in [2.45, 2.75) is 39.3 Å². The molecule has 0 fully saturated rings. The molecule has 0 aliphatic carbocycles. The highest BCUT2D eigenvalue weighted by molar-refractivity contribution is 6.30. The van der Waals surface area contributed by atoms with Crippen LogP contribution in [0.5, 0.6) is 0 Å². The van der Waals surface area contributed by atoms with Gasteiger partial charge in [0.25, 0.3) is 0 Å². The fourth-order valence-electron chi connectivity index (χ4n) is 3.25. The average Bonchev–Trinajstić information content (AvgIpc) is 3.02. The number of imidazole rings is 1. The van der Waals surface area contributed by atoms with E-state index in [0.717, 1.165) is 47.5 Å². The van der Waals surface area contributed by atoms with Crippen LogP contribution < -0.4 is 0 Å². The molecule has 5 nitrogen and oxygen atoms in total. The number of rotatable bonds is 8. The van der Waals surface area contributed by atoms with Gasteiger partial charge in [0, 0.05) is 13.0 Å². The van der Waals surface area contributed by atoms with E-state index in [1.54, 1.807) is 0 Å². The fraction of sp³-hybridized carbons (Fsp3) is 0.273. The van der Waals surface area contributed by atoms with Gasteiger partial charge in [-0.2, -0.15) is 10.4 Å². The number of halogens is 1. The first-order valence-electron chi connectivity index (χ1n) is 9.33. The van der Waals surface area contributed by atoms with Crippen LogP contribution in [0.3, 0.4) is 0 Å². The first-order chi connectivity index (χ1) is 13.7. The highest BCUT2D eigenvalue weighted by Crippen LogP contribution is 2.25. The van der Waals surface area contributed by atoms with Crippen molar-refractivity contribution in [3.05, 3.63) is 76.3 Å². The third-order valence-corrected chi connectivity index (χ3v) is 5.04. The summed E-state index contributed by atoms with van der Waals surface area (Å²) in [5, 5.41) is 13.3. The van der Waals surface area contributed by atoms with Gasteiger partial charge in [-0.1, -0.05) is 67.4 Å². The normalized spacial score (nSPS) is 10.6. The number of unbranched alkanes of at least 4 members (excludes halogenated alkanes) is 1. The van der Waals surface area contributed by atoms with E-state index < -0.39 is 0 Å². The molecule has 3 rings (SSSR count). The fourth-order valence-corrected chi connectivity index (χ4v) is 3.51. The molecule has 0 unspecified atom stereocenters. The Kier molecular flexibility index (Phi) is 6.57. The number of hydrogen-bond donors (Lipinski definition) is 1. The van der Waals surface area contributed by atoms with Crippen LogP contribution in [0.15, 0.2) is 53.6 Å². The summed E-state index contributed by atoms with van der Waals surface area (Å²) < 4.78 is 2.08. The largest absolute Gasteiger partial charge is 0.324 e. The summed E-state index contributed by atoms with van der Waals surface area (Å²) in [5.74, 6) is 0.935. The van der Waals surface area contributed by atoms with Crippen LogP contribution in [0.2, 0.25) is 5.15 Å². The molecule has 0 aliphatic heterocycles. The van der Waals surface area contributed by atoms with Crippen LogP contribution in [0.1, 0.15) is 42.4 Å². The molecular formula is C22H22ClN5. The highest BCUT2D eigenvalue weighted by Gasteiger charge is 2.16. The number of aromatic nitrogens is 2. The molecule has 0 bridgehead atoms. The molecule has 28 heavy (non-hydrogen) atoms. The molecule has 0 saturated carbocycles. The Labute approximate surface area is 170 Å². The lowest BCUT2D eigenvalue weighted by Crippen LogP contribution is -2.09. The monoisotopic (exact) mass is 391 g/mol. The highest BCUT2D eigenvalue weighted by atomic mass is 35.5. The van der Waals surface area contributed by atoms with Crippen LogP contribution in [0.25, 0.3) is 11.1 Å². The van der Waals surface area contributed by atoms with Crippen molar-refractivity contribution in [1.29, 1.82) is 10.8 Å². The van der Waals surface area contributed by atoms with Crippen molar-refractivity contribution in [3.63, 3.8) is 0 Å². The van der Waals surface area contributed by atoms with E-state index in [9.17, 15) is 5.26 Å². The molecule has 1 heterocycles. The van der Waals surface area contributed by atoms with Crippen molar-refractivity contribution in [2.24, 2.45) is 5.11 Å². The molecule has 1 aromatic heterocycles. The Bertz CT molecular complexity index is 999. The van der Waals surface area contributed by atoms with E-state index in [0.29, 0.717) is 17.3 Å². The maximum Gasteiger partial charge on any atom is 0.152 e. The molecule has 6 heteroatoms. The number of nitrogens with zero attached hydrogens (tertiary/aromatic N) is 4. The third kappa shape index (κ3) is 4.29. The minimum atomic E-state index is 0.228. The lowest BCUT2D eigenvalue weighted by atomic mass is 9.99. The zero-order valence-corrected chi connectivity index (χ0v) is 16.6. The Balaban J connectivity index is 1.90. The number of aryl methyl sites for hydroxylation is 1. The molecule has 0 amide bonds. The first kappa shape index (κ1) is 19.8. The summed E-state index contributed by atoms with van der Waals surface area (Å²) in [6, 6.07) is 18.0. The Morgan fingerprint density at radius 2 is 1.93 bits per heavy atom. The second kappa shape index (κ2) is 9.29. The molecular weight excluding hydrogens is 370 g/mol. The summed E-state index contributed by atoms with van der Waals surface area (Å²) in [6.07, 6.45) is 2.96. The Morgan fingerprint density at radius 1 is 1.18 bits per heavy atom. The molecule has 0 aliphatic rings. The molecule has 0 radical (unpaired) electrons. The zero-order valence-electron chi connectivity index (χ0n) is 15.8. The third-order valence-electron chi connectivity index (χ3n) is 4.74. The van der Waals surface area contributed by atoms with E-state index in [2.05, 4.69) is 39.8 Å². The summed E-state index contributed by atoms with van der Waals surface area (Å²) in [7, 11) is 0. The van der Waals surface area contributed by atoms with Gasteiger partial charge in [-0.3, -0.25) is 0 Å². The van der Waals surface area contributed by atoms with E-state index >= 15 is 0 Å². The summed E-state index contributed by atoms with van der Waals surface area (Å²) >= 11 is 6.31. The van der Waals surface area contributed by atoms with Crippen molar-refractivity contribution >= 4 is 11.6 Å². The standard InChI is InChI=1S/C22H22ClN5/c1-2-3-8-21-27-22(23)20(14-26-25)28(21)15-16-9-11-17(12-10-16)19-7-5-4-6-18(19)13-24/h4-7,9-12,25H,2-3,8,14-15H2,1H3. The van der Waals surface area contributed by atoms with Crippen molar-refractivity contribution in [2.75, 3.05) is 0 Å². The lowest BCUT2D eigenvalue weighted by molar-refractivity contribution is 0.650. The minimum Gasteiger partial charge on any atom is -0.324 e. The molecule has 0 atom stereocenters. The van der Waals surface area contributed by atoms with Gasteiger partial charge in [-0.05, 0) is 29.2 Å². The van der Waals surface area contributed by atoms with Gasteiger partial charge in [0.1, 0.15) is 12.4 Å². The predicted octanol–water partition coefficient (Wildman–Crippen LogP) is 6.00. The van der Waals surface area contributed by atoms with E-state index in [1.807, 2.05) is 36.4 Å². The van der Waals surface area contributed by atoms with E-state index in [1.165, 1.54) is 0 Å². The van der Waals surface area contributed by atoms with Gasteiger partial charge in [0.05, 0.1) is 17.3 Å². The van der Waals surface area contributed by atoms with E-state index in [4.69, 9.17) is 17.1 Å². The summed E-state index contributed by atoms with van der Waals surface area (Å²) in [4.78, 5) is 4.50. The van der Waals surface area contributed by atoms with Crippen LogP contribution in [0, 0.1) is 16.9 Å². The molecule has 3 aromatic rings. The molecule has 142 valence electrons. The van der Waals surface area contributed by atoms with Gasteiger partial charge in [0.2, 0.25) is 0 Å². The van der Waals surface area contributed by atoms with Gasteiger partial charge in [0.15, 0.2) is 5.15 Å². The van der Waals surface area contributed by atoms with Crippen LogP contribution in [-0.2, 0) is 19.5 Å². The minimum absolute atomic E-state index is 0.228. The number of nitriles is 1. The van der Waals surface area contributed by atoms with Gasteiger partial charge in [-0.25, -0.2) is 10.5 Å². The molecule has 0 saturated heterocycles. The number of benzene rings is 2. The summed E-state index contributed by atoms with van der Waals surface area (Å²) in [5.41, 5.74) is 11.7. The first-order valence-corrected chi connectivity index (χ1v) is 9.71. The molecule has 0 spiro atoms. The molecule has 2 aromatic carbocycles. The van der Waals surface area contributed by atoms with Crippen LogP contribution >= 0.6 is 11.6 Å². The van der Waals surface area contributed by atoms with Crippen molar-refractivity contribution < 1.29 is 0 Å². The van der Waals surface area contributed by atoms with Gasteiger partial charge in [-0.15, -0.1) is 0 Å². The molecule has 1 N–H and O–H groups in total. The topological polar surface area (TPSA) is 77.8 Å². The maximum absolute atomic E-state index is 9.32. The SMILES string of the molecule is CCCCc1nc(Cl)c(CN=N)n1Cc1ccc(-c2ccccc2C#N)cc1. The quantitative estimate of drug-likeness (QED) is 0.478. The van der Waals surface area contributed by atoms with Crippen molar-refractivity contribution in [3.8, 4) is 17.2 Å². The predicted molar refractivity (Wildman–Crippen MR) is 110 cm³/mol. The number of hydrogen-bond acceptors (Lipinski definition) is 4. The van der Waals surface area contributed by atoms with E-state index in [-0.39, 0.29) is 6.54 Å². The smallest absolute Gasteiger partial charge is 0.152 e. The zero-order chi connectivity index (χ0) is 19.9. The number of nitrogens with one attached hydrogen (secondary N) is 1. The Hall–Kier alpha value is -2.97. The maximum atomic E-state index is 9.32. The lowest BCUT2D eigenvalue weighted by Gasteiger charge is -2.12. The van der Waals surface area contributed by atoms with Crippen LogP contribution in [-0.4, -0.2) is 9.55 Å². The second-order valence-electron chi connectivity index (χ2n) is 6.63. The van der Waals surface area contributed by atoms with Crippen LogP contribution in [0.4, 0.5) is 0 Å². The second-order valence-corrected chi connectivity index (χ2v) is 6.98. The summed E-state index contributed by atoms with van der Waals surface area (Å²) in [6.45, 7) is 3.00. The van der Waals surface area contributed by atoms with Gasteiger partial charge < -0.3 is 4.57 Å². The van der Waals surface area contributed by atoms with Crippen molar-refractivity contribution in [1.82, 2.24) is 9.55 Å². The average molecular weight is 392 g/mol. The van der Waals surface area contributed by atoms with Gasteiger partial charge >= 0.3 is 0 Å².